The van der Waals surface area contributed by atoms with Gasteiger partial charge in [0.1, 0.15) is 6.07 Å². The molecule has 1 atom stereocenters. The summed E-state index contributed by atoms with van der Waals surface area (Å²) in [7, 11) is 0. The summed E-state index contributed by atoms with van der Waals surface area (Å²) >= 11 is 5.88. The summed E-state index contributed by atoms with van der Waals surface area (Å²) in [5.41, 5.74) is 1.10. The van der Waals surface area contributed by atoms with Crippen molar-refractivity contribution in [3.05, 3.63) is 28.8 Å². The molecular weight excluding hydrogens is 224 g/mol. The van der Waals surface area contributed by atoms with Crippen LogP contribution in [0.3, 0.4) is 0 Å². The van der Waals surface area contributed by atoms with Gasteiger partial charge in [-0.1, -0.05) is 31.0 Å². The second-order valence-corrected chi connectivity index (χ2v) is 4.00. The van der Waals surface area contributed by atoms with Gasteiger partial charge in [-0.05, 0) is 18.6 Å². The van der Waals surface area contributed by atoms with Crippen molar-refractivity contribution in [2.24, 2.45) is 0 Å². The minimum atomic E-state index is -0.393. The zero-order valence-electron chi connectivity index (χ0n) is 9.20. The highest BCUT2D eigenvalue weighted by molar-refractivity contribution is 6.32. The lowest BCUT2D eigenvalue weighted by atomic mass is 10.1. The van der Waals surface area contributed by atoms with Crippen LogP contribution in [0.5, 0.6) is 0 Å². The van der Waals surface area contributed by atoms with E-state index in [0.717, 1.165) is 12.8 Å². The van der Waals surface area contributed by atoms with Gasteiger partial charge >= 0.3 is 0 Å². The highest BCUT2D eigenvalue weighted by atomic mass is 35.5. The van der Waals surface area contributed by atoms with Gasteiger partial charge in [-0.3, -0.25) is 0 Å². The Morgan fingerprint density at radius 2 is 2.31 bits per heavy atom. The molecule has 0 aromatic heterocycles. The Morgan fingerprint density at radius 1 is 1.56 bits per heavy atom. The zero-order chi connectivity index (χ0) is 12.0. The van der Waals surface area contributed by atoms with E-state index in [9.17, 15) is 5.11 Å². The van der Waals surface area contributed by atoms with Crippen LogP contribution in [0.4, 0.5) is 5.69 Å². The summed E-state index contributed by atoms with van der Waals surface area (Å²) in [6.07, 6.45) is 1.29. The second kappa shape index (κ2) is 6.37. The van der Waals surface area contributed by atoms with Crippen LogP contribution < -0.4 is 5.32 Å². The molecule has 0 aliphatic heterocycles. The first kappa shape index (κ1) is 12.8. The van der Waals surface area contributed by atoms with Crippen molar-refractivity contribution >= 4 is 17.3 Å². The molecule has 1 aromatic rings. The summed E-state index contributed by atoms with van der Waals surface area (Å²) in [6, 6.07) is 7.27. The number of aliphatic hydroxyl groups excluding tert-OH is 1. The minimum absolute atomic E-state index is 0.393. The largest absolute Gasteiger partial charge is 0.391 e. The molecule has 3 nitrogen and oxygen atoms in total. The van der Waals surface area contributed by atoms with Crippen molar-refractivity contribution < 1.29 is 5.11 Å². The average Bonchev–Trinajstić information content (AvgIpc) is 2.27. The summed E-state index contributed by atoms with van der Waals surface area (Å²) in [5.74, 6) is 0. The molecule has 2 N–H and O–H groups in total. The SMILES string of the molecule is CCCC(O)CNc1cccc(Cl)c1C#N. The van der Waals surface area contributed by atoms with Gasteiger partial charge < -0.3 is 10.4 Å². The molecule has 0 saturated heterocycles. The molecule has 0 amide bonds. The van der Waals surface area contributed by atoms with Crippen molar-refractivity contribution in [1.29, 1.82) is 5.26 Å². The van der Waals surface area contributed by atoms with E-state index < -0.39 is 6.10 Å². The topological polar surface area (TPSA) is 56.0 Å². The third-order valence-corrected chi connectivity index (χ3v) is 2.59. The van der Waals surface area contributed by atoms with Crippen LogP contribution in [0, 0.1) is 11.3 Å². The van der Waals surface area contributed by atoms with Crippen molar-refractivity contribution in [3.8, 4) is 6.07 Å². The Morgan fingerprint density at radius 3 is 2.94 bits per heavy atom. The quantitative estimate of drug-likeness (QED) is 0.830. The van der Waals surface area contributed by atoms with E-state index in [4.69, 9.17) is 16.9 Å². The first-order valence-corrected chi connectivity index (χ1v) is 5.67. The molecule has 0 saturated carbocycles. The van der Waals surface area contributed by atoms with Crippen LogP contribution in [-0.4, -0.2) is 17.8 Å². The zero-order valence-corrected chi connectivity index (χ0v) is 9.96. The van der Waals surface area contributed by atoms with Crippen molar-refractivity contribution in [3.63, 3.8) is 0 Å². The molecule has 0 aliphatic rings. The number of hydrogen-bond donors (Lipinski definition) is 2. The van der Waals surface area contributed by atoms with Gasteiger partial charge in [0.05, 0.1) is 22.4 Å². The van der Waals surface area contributed by atoms with Gasteiger partial charge in [0.2, 0.25) is 0 Å². The van der Waals surface area contributed by atoms with Crippen molar-refractivity contribution in [1.82, 2.24) is 0 Å². The molecule has 4 heteroatoms. The molecule has 0 heterocycles. The van der Waals surface area contributed by atoms with Crippen molar-refractivity contribution in [2.75, 3.05) is 11.9 Å². The van der Waals surface area contributed by atoms with Crippen LogP contribution in [0.1, 0.15) is 25.3 Å². The molecule has 1 rings (SSSR count). The van der Waals surface area contributed by atoms with Gasteiger partial charge in [0.25, 0.3) is 0 Å². The molecular formula is C12H15ClN2O. The van der Waals surface area contributed by atoms with E-state index in [2.05, 4.69) is 5.32 Å². The number of nitriles is 1. The van der Waals surface area contributed by atoms with Gasteiger partial charge in [-0.15, -0.1) is 0 Å². The molecule has 0 aliphatic carbocycles. The highest BCUT2D eigenvalue weighted by Crippen LogP contribution is 2.23. The predicted molar refractivity (Wildman–Crippen MR) is 65.6 cm³/mol. The molecule has 0 bridgehead atoms. The van der Waals surface area contributed by atoms with Crippen molar-refractivity contribution in [2.45, 2.75) is 25.9 Å². The first-order chi connectivity index (χ1) is 7.69. The standard InChI is InChI=1S/C12H15ClN2O/c1-2-4-9(16)8-15-12-6-3-5-11(13)10(12)7-14/h3,5-6,9,15-16H,2,4,8H2,1H3. The minimum Gasteiger partial charge on any atom is -0.391 e. The Hall–Kier alpha value is -1.24. The van der Waals surface area contributed by atoms with Crippen LogP contribution >= 0.6 is 11.6 Å². The van der Waals surface area contributed by atoms with Gasteiger partial charge in [0.15, 0.2) is 0 Å². The lowest BCUT2D eigenvalue weighted by Crippen LogP contribution is -2.19. The molecule has 0 radical (unpaired) electrons. The normalized spacial score (nSPS) is 11.9. The lowest BCUT2D eigenvalue weighted by molar-refractivity contribution is 0.176. The number of hydrogen-bond acceptors (Lipinski definition) is 3. The number of halogens is 1. The molecule has 1 unspecified atom stereocenters. The van der Waals surface area contributed by atoms with E-state index in [0.29, 0.717) is 22.8 Å². The summed E-state index contributed by atoms with van der Waals surface area (Å²) in [4.78, 5) is 0. The smallest absolute Gasteiger partial charge is 0.103 e. The second-order valence-electron chi connectivity index (χ2n) is 3.60. The van der Waals surface area contributed by atoms with Gasteiger partial charge in [-0.2, -0.15) is 5.26 Å². The average molecular weight is 239 g/mol. The lowest BCUT2D eigenvalue weighted by Gasteiger charge is -2.13. The van der Waals surface area contributed by atoms with Gasteiger partial charge in [-0.25, -0.2) is 0 Å². The van der Waals surface area contributed by atoms with Crippen LogP contribution in [0.25, 0.3) is 0 Å². The molecule has 16 heavy (non-hydrogen) atoms. The number of nitrogens with zero attached hydrogens (tertiary/aromatic N) is 1. The molecule has 0 fully saturated rings. The Balaban J connectivity index is 2.67. The highest BCUT2D eigenvalue weighted by Gasteiger charge is 2.07. The predicted octanol–water partition coefficient (Wildman–Crippen LogP) is 2.78. The Bertz CT molecular complexity index is 387. The number of benzene rings is 1. The van der Waals surface area contributed by atoms with E-state index in [1.54, 1.807) is 18.2 Å². The van der Waals surface area contributed by atoms with Gasteiger partial charge in [0, 0.05) is 6.54 Å². The monoisotopic (exact) mass is 238 g/mol. The summed E-state index contributed by atoms with van der Waals surface area (Å²) in [6.45, 7) is 2.45. The number of rotatable bonds is 5. The third kappa shape index (κ3) is 3.41. The van der Waals surface area contributed by atoms with E-state index in [1.165, 1.54) is 0 Å². The third-order valence-electron chi connectivity index (χ3n) is 2.28. The van der Waals surface area contributed by atoms with E-state index in [-0.39, 0.29) is 0 Å². The summed E-state index contributed by atoms with van der Waals surface area (Å²) in [5, 5.41) is 22.0. The number of aliphatic hydroxyl groups is 1. The first-order valence-electron chi connectivity index (χ1n) is 5.29. The Kier molecular flexibility index (Phi) is 5.10. The van der Waals surface area contributed by atoms with E-state index >= 15 is 0 Å². The van der Waals surface area contributed by atoms with Crippen LogP contribution in [0.15, 0.2) is 18.2 Å². The molecule has 0 spiro atoms. The number of nitrogens with one attached hydrogen (secondary N) is 1. The van der Waals surface area contributed by atoms with E-state index in [1.807, 2.05) is 13.0 Å². The maximum Gasteiger partial charge on any atom is 0.103 e. The summed E-state index contributed by atoms with van der Waals surface area (Å²) < 4.78 is 0. The number of anilines is 1. The Labute approximate surface area is 101 Å². The molecule has 86 valence electrons. The fourth-order valence-corrected chi connectivity index (χ4v) is 1.66. The maximum absolute atomic E-state index is 9.56. The van der Waals surface area contributed by atoms with Crippen LogP contribution in [0.2, 0.25) is 5.02 Å². The maximum atomic E-state index is 9.56. The fraction of sp³-hybridized carbons (Fsp3) is 0.417. The molecule has 1 aromatic carbocycles. The van der Waals surface area contributed by atoms with Crippen LogP contribution in [-0.2, 0) is 0 Å². The fourth-order valence-electron chi connectivity index (χ4n) is 1.45.